The second-order valence-corrected chi connectivity index (χ2v) is 6.95. The molecule has 0 amide bonds. The second-order valence-electron chi connectivity index (χ2n) is 6.44. The van der Waals surface area contributed by atoms with Crippen LogP contribution in [-0.2, 0) is 13.0 Å². The predicted octanol–water partition coefficient (Wildman–Crippen LogP) is 4.21. The highest BCUT2D eigenvalue weighted by Gasteiger charge is 2.10. The maximum absolute atomic E-state index is 4.63. The Bertz CT molecular complexity index is 941. The van der Waals surface area contributed by atoms with Crippen LogP contribution in [0, 0.1) is 6.92 Å². The van der Waals surface area contributed by atoms with Crippen molar-refractivity contribution in [2.45, 2.75) is 24.8 Å². The van der Waals surface area contributed by atoms with Gasteiger partial charge >= 0.3 is 0 Å². The van der Waals surface area contributed by atoms with Crippen LogP contribution in [0.25, 0.3) is 0 Å². The first-order valence-corrected chi connectivity index (χ1v) is 9.11. The molecule has 1 aromatic heterocycles. The molecule has 0 saturated carbocycles. The lowest BCUT2D eigenvalue weighted by Crippen LogP contribution is -2.23. The Kier molecular flexibility index (Phi) is 4.77. The van der Waals surface area contributed by atoms with Crippen LogP contribution in [0.2, 0.25) is 0 Å². The molecule has 0 unspecified atom stereocenters. The van der Waals surface area contributed by atoms with Gasteiger partial charge in [-0.25, -0.2) is 4.98 Å². The zero-order valence-corrected chi connectivity index (χ0v) is 15.5. The van der Waals surface area contributed by atoms with E-state index < -0.39 is 0 Å². The quantitative estimate of drug-likeness (QED) is 0.523. The second kappa shape index (κ2) is 7.35. The topological polar surface area (TPSA) is 61.9 Å². The van der Waals surface area contributed by atoms with E-state index in [1.807, 2.05) is 37.4 Å². The maximum atomic E-state index is 4.63. The van der Waals surface area contributed by atoms with Gasteiger partial charge in [-0.15, -0.1) is 12.6 Å². The number of fused-ring (bicyclic) bond motifs is 1. The summed E-state index contributed by atoms with van der Waals surface area (Å²) in [5.41, 5.74) is 5.72. The molecule has 0 aliphatic carbocycles. The van der Waals surface area contributed by atoms with Gasteiger partial charge in [0.25, 0.3) is 0 Å². The van der Waals surface area contributed by atoms with Crippen LogP contribution in [0.15, 0.2) is 53.6 Å². The summed E-state index contributed by atoms with van der Waals surface area (Å²) >= 11 is 4.37. The molecule has 3 aromatic rings. The molecule has 26 heavy (non-hydrogen) atoms. The van der Waals surface area contributed by atoms with Gasteiger partial charge in [0.15, 0.2) is 0 Å². The standard InChI is InChI=1S/C20H21N5S/c1-13-11-22-20(24-16-3-2-4-18(26)10-16)25-19(13)23-17-6-5-15-12-21-8-7-14(15)9-17/h2-6,9-11,21,26H,7-8,12H2,1H3,(H2,22,23,24,25). The van der Waals surface area contributed by atoms with Crippen molar-refractivity contribution in [3.63, 3.8) is 0 Å². The number of aromatic nitrogens is 2. The number of thiol groups is 1. The van der Waals surface area contributed by atoms with Gasteiger partial charge in [0.1, 0.15) is 5.82 Å². The summed E-state index contributed by atoms with van der Waals surface area (Å²) in [6.45, 7) is 3.98. The van der Waals surface area contributed by atoms with Crippen molar-refractivity contribution in [2.24, 2.45) is 0 Å². The van der Waals surface area contributed by atoms with E-state index in [0.717, 1.165) is 47.2 Å². The van der Waals surface area contributed by atoms with Crippen molar-refractivity contribution in [3.05, 3.63) is 65.4 Å². The zero-order valence-electron chi connectivity index (χ0n) is 14.6. The van der Waals surface area contributed by atoms with E-state index in [0.29, 0.717) is 5.95 Å². The summed E-state index contributed by atoms with van der Waals surface area (Å²) in [6.07, 6.45) is 2.88. The van der Waals surface area contributed by atoms with Gasteiger partial charge < -0.3 is 16.0 Å². The van der Waals surface area contributed by atoms with E-state index in [-0.39, 0.29) is 0 Å². The average molecular weight is 363 g/mol. The molecule has 5 nitrogen and oxygen atoms in total. The highest BCUT2D eigenvalue weighted by molar-refractivity contribution is 7.80. The van der Waals surface area contributed by atoms with Gasteiger partial charge in [0.2, 0.25) is 5.95 Å². The fourth-order valence-corrected chi connectivity index (χ4v) is 3.26. The normalized spacial score (nSPS) is 13.2. The van der Waals surface area contributed by atoms with Gasteiger partial charge in [-0.1, -0.05) is 12.1 Å². The smallest absolute Gasteiger partial charge is 0.229 e. The molecule has 0 fully saturated rings. The molecule has 0 atom stereocenters. The number of hydrogen-bond acceptors (Lipinski definition) is 6. The van der Waals surface area contributed by atoms with E-state index in [1.54, 1.807) is 0 Å². The number of nitrogens with zero attached hydrogens (tertiary/aromatic N) is 2. The summed E-state index contributed by atoms with van der Waals surface area (Å²) in [5, 5.41) is 10.1. The monoisotopic (exact) mass is 363 g/mol. The summed E-state index contributed by atoms with van der Waals surface area (Å²) < 4.78 is 0. The number of anilines is 4. The van der Waals surface area contributed by atoms with Crippen LogP contribution < -0.4 is 16.0 Å². The van der Waals surface area contributed by atoms with Crippen molar-refractivity contribution in [2.75, 3.05) is 17.2 Å². The molecule has 0 radical (unpaired) electrons. The Morgan fingerprint density at radius 3 is 2.81 bits per heavy atom. The summed E-state index contributed by atoms with van der Waals surface area (Å²) in [6, 6.07) is 14.3. The van der Waals surface area contributed by atoms with Crippen LogP contribution in [0.4, 0.5) is 23.1 Å². The Labute approximate surface area is 158 Å². The Hall–Kier alpha value is -2.57. The lowest BCUT2D eigenvalue weighted by molar-refractivity contribution is 0.644. The van der Waals surface area contributed by atoms with Gasteiger partial charge in [0.05, 0.1) is 0 Å². The van der Waals surface area contributed by atoms with Crippen LogP contribution in [0.3, 0.4) is 0 Å². The highest BCUT2D eigenvalue weighted by Crippen LogP contribution is 2.24. The Morgan fingerprint density at radius 2 is 1.92 bits per heavy atom. The van der Waals surface area contributed by atoms with Crippen molar-refractivity contribution in [1.82, 2.24) is 15.3 Å². The first kappa shape index (κ1) is 16.9. The minimum atomic E-state index is 0.555. The van der Waals surface area contributed by atoms with Crippen LogP contribution in [-0.4, -0.2) is 16.5 Å². The minimum absolute atomic E-state index is 0.555. The third-order valence-corrected chi connectivity index (χ3v) is 4.71. The fraction of sp³-hybridized carbons (Fsp3) is 0.200. The molecule has 0 saturated heterocycles. The van der Waals surface area contributed by atoms with E-state index >= 15 is 0 Å². The van der Waals surface area contributed by atoms with E-state index in [2.05, 4.69) is 56.7 Å². The van der Waals surface area contributed by atoms with Crippen molar-refractivity contribution < 1.29 is 0 Å². The highest BCUT2D eigenvalue weighted by atomic mass is 32.1. The number of benzene rings is 2. The SMILES string of the molecule is Cc1cnc(Nc2cccc(S)c2)nc1Nc1ccc2c(c1)CCNC2. The summed E-state index contributed by atoms with van der Waals surface area (Å²) in [4.78, 5) is 9.91. The molecule has 0 spiro atoms. The first-order valence-electron chi connectivity index (χ1n) is 8.66. The fourth-order valence-electron chi connectivity index (χ4n) is 3.03. The number of hydrogen-bond donors (Lipinski definition) is 4. The Morgan fingerprint density at radius 1 is 1.04 bits per heavy atom. The van der Waals surface area contributed by atoms with Crippen LogP contribution in [0.1, 0.15) is 16.7 Å². The molecule has 0 bridgehead atoms. The molecule has 1 aliphatic rings. The summed E-state index contributed by atoms with van der Waals surface area (Å²) in [7, 11) is 0. The van der Waals surface area contributed by atoms with Gasteiger partial charge in [-0.3, -0.25) is 0 Å². The minimum Gasteiger partial charge on any atom is -0.340 e. The van der Waals surface area contributed by atoms with Crippen LogP contribution >= 0.6 is 12.6 Å². The lowest BCUT2D eigenvalue weighted by Gasteiger charge is -2.18. The lowest BCUT2D eigenvalue weighted by atomic mass is 10.0. The molecule has 1 aliphatic heterocycles. The van der Waals surface area contributed by atoms with E-state index in [9.17, 15) is 0 Å². The van der Waals surface area contributed by atoms with E-state index in [4.69, 9.17) is 0 Å². The zero-order chi connectivity index (χ0) is 17.9. The van der Waals surface area contributed by atoms with Crippen molar-refractivity contribution in [3.8, 4) is 0 Å². The molecule has 2 heterocycles. The van der Waals surface area contributed by atoms with Gasteiger partial charge in [-0.2, -0.15) is 4.98 Å². The molecule has 3 N–H and O–H groups in total. The van der Waals surface area contributed by atoms with E-state index in [1.165, 1.54) is 11.1 Å². The molecular formula is C20H21N5S. The van der Waals surface area contributed by atoms with Crippen molar-refractivity contribution in [1.29, 1.82) is 0 Å². The number of rotatable bonds is 4. The van der Waals surface area contributed by atoms with Gasteiger partial charge in [-0.05, 0) is 61.3 Å². The van der Waals surface area contributed by atoms with Gasteiger partial charge in [0, 0.05) is 34.6 Å². The maximum Gasteiger partial charge on any atom is 0.229 e. The third kappa shape index (κ3) is 3.81. The molecular weight excluding hydrogens is 342 g/mol. The van der Waals surface area contributed by atoms with Crippen molar-refractivity contribution >= 4 is 35.8 Å². The Balaban J connectivity index is 1.56. The molecule has 4 rings (SSSR count). The molecule has 132 valence electrons. The third-order valence-electron chi connectivity index (χ3n) is 4.43. The molecule has 2 aromatic carbocycles. The predicted molar refractivity (Wildman–Crippen MR) is 109 cm³/mol. The van der Waals surface area contributed by atoms with Crippen LogP contribution in [0.5, 0.6) is 0 Å². The first-order chi connectivity index (χ1) is 12.7. The number of aryl methyl sites for hydroxylation is 1. The number of nitrogens with one attached hydrogen (secondary N) is 3. The average Bonchev–Trinajstić information content (AvgIpc) is 2.64. The largest absolute Gasteiger partial charge is 0.340 e. The molecule has 6 heteroatoms. The summed E-state index contributed by atoms with van der Waals surface area (Å²) in [5.74, 6) is 1.36.